The van der Waals surface area contributed by atoms with Crippen LogP contribution in [0.4, 0.5) is 0 Å². The van der Waals surface area contributed by atoms with Crippen molar-refractivity contribution in [2.45, 2.75) is 10.1 Å². The molecule has 0 saturated carbocycles. The van der Waals surface area contributed by atoms with Crippen LogP contribution in [0.1, 0.15) is 10.4 Å². The number of nitrogens with zero attached hydrogens (tertiary/aromatic N) is 2. The monoisotopic (exact) mass is 388 g/mol. The molecular weight excluding hydrogens is 368 g/mol. The van der Waals surface area contributed by atoms with Crippen LogP contribution in [0.15, 0.2) is 29.2 Å². The maximum atomic E-state index is 12.7. The maximum Gasteiger partial charge on any atom is 0.320 e. The SMILES string of the molecule is COC(=O)[C@H]1CN(C(=O)c2cccc(S(=O)(=O)N(C)OC)c2)CCS1. The van der Waals surface area contributed by atoms with E-state index in [0.29, 0.717) is 12.3 Å². The number of hydrogen-bond donors (Lipinski definition) is 0. The highest BCUT2D eigenvalue weighted by molar-refractivity contribution is 8.00. The van der Waals surface area contributed by atoms with Crippen molar-refractivity contribution in [2.75, 3.05) is 40.1 Å². The molecule has 0 bridgehead atoms. The number of rotatable bonds is 5. The van der Waals surface area contributed by atoms with Crippen LogP contribution >= 0.6 is 11.8 Å². The van der Waals surface area contributed by atoms with Crippen molar-refractivity contribution in [2.24, 2.45) is 0 Å². The predicted molar refractivity (Wildman–Crippen MR) is 92.6 cm³/mol. The van der Waals surface area contributed by atoms with Gasteiger partial charge in [0.1, 0.15) is 5.25 Å². The van der Waals surface area contributed by atoms with E-state index < -0.39 is 15.3 Å². The van der Waals surface area contributed by atoms with Gasteiger partial charge in [0.2, 0.25) is 0 Å². The summed E-state index contributed by atoms with van der Waals surface area (Å²) in [6.45, 7) is 0.705. The predicted octanol–water partition coefficient (Wildman–Crippen LogP) is 0.599. The second kappa shape index (κ2) is 8.17. The molecule has 1 fully saturated rings. The first-order valence-corrected chi connectivity index (χ1v) is 9.92. The molecule has 1 amide bonds. The van der Waals surface area contributed by atoms with Gasteiger partial charge in [-0.2, -0.15) is 0 Å². The van der Waals surface area contributed by atoms with E-state index in [1.807, 2.05) is 0 Å². The van der Waals surface area contributed by atoms with E-state index >= 15 is 0 Å². The number of carbonyl (C=O) groups is 2. The average Bonchev–Trinajstić information content (AvgIpc) is 2.66. The zero-order valence-corrected chi connectivity index (χ0v) is 15.8. The van der Waals surface area contributed by atoms with Gasteiger partial charge in [0.05, 0.1) is 19.1 Å². The smallest absolute Gasteiger partial charge is 0.320 e. The lowest BCUT2D eigenvalue weighted by Gasteiger charge is -2.31. The first-order valence-electron chi connectivity index (χ1n) is 7.43. The summed E-state index contributed by atoms with van der Waals surface area (Å²) in [5, 5.41) is -0.436. The fourth-order valence-corrected chi connectivity index (χ4v) is 4.47. The molecule has 0 radical (unpaired) electrons. The summed E-state index contributed by atoms with van der Waals surface area (Å²) in [6.07, 6.45) is 0. The molecule has 1 aromatic rings. The molecule has 25 heavy (non-hydrogen) atoms. The molecule has 8 nitrogen and oxygen atoms in total. The molecule has 0 aliphatic carbocycles. The third-order valence-corrected chi connectivity index (χ3v) is 6.63. The lowest BCUT2D eigenvalue weighted by molar-refractivity contribution is -0.140. The largest absolute Gasteiger partial charge is 0.468 e. The Labute approximate surface area is 151 Å². The van der Waals surface area contributed by atoms with Gasteiger partial charge in [-0.25, -0.2) is 8.42 Å². The van der Waals surface area contributed by atoms with E-state index in [-0.39, 0.29) is 28.9 Å². The Bertz CT molecular complexity index is 752. The third-order valence-electron chi connectivity index (χ3n) is 3.79. The van der Waals surface area contributed by atoms with E-state index in [9.17, 15) is 18.0 Å². The molecule has 0 N–H and O–H groups in total. The van der Waals surface area contributed by atoms with Crippen LogP contribution in [-0.2, 0) is 24.4 Å². The highest BCUT2D eigenvalue weighted by Crippen LogP contribution is 2.22. The molecule has 1 aliphatic heterocycles. The summed E-state index contributed by atoms with van der Waals surface area (Å²) in [5.74, 6) is -0.0949. The van der Waals surface area contributed by atoms with Gasteiger partial charge < -0.3 is 9.64 Å². The van der Waals surface area contributed by atoms with Crippen molar-refractivity contribution in [1.29, 1.82) is 0 Å². The van der Waals surface area contributed by atoms with Crippen LogP contribution in [0.5, 0.6) is 0 Å². The number of hydroxylamine groups is 1. The fourth-order valence-electron chi connectivity index (χ4n) is 2.33. The van der Waals surface area contributed by atoms with E-state index in [0.717, 1.165) is 4.47 Å². The number of ether oxygens (including phenoxy) is 1. The molecule has 2 rings (SSSR count). The number of sulfonamides is 1. The van der Waals surface area contributed by atoms with Crippen LogP contribution in [-0.4, -0.2) is 75.0 Å². The molecule has 1 heterocycles. The summed E-state index contributed by atoms with van der Waals surface area (Å²) < 4.78 is 30.1. The topological polar surface area (TPSA) is 93.2 Å². The van der Waals surface area contributed by atoms with Crippen LogP contribution in [0.25, 0.3) is 0 Å². The lowest BCUT2D eigenvalue weighted by Crippen LogP contribution is -2.45. The molecule has 1 atom stereocenters. The number of benzene rings is 1. The van der Waals surface area contributed by atoms with E-state index in [1.54, 1.807) is 6.07 Å². The number of esters is 1. The fraction of sp³-hybridized carbons (Fsp3) is 0.467. The van der Waals surface area contributed by atoms with E-state index in [1.165, 1.54) is 56.1 Å². The van der Waals surface area contributed by atoms with E-state index in [2.05, 4.69) is 0 Å². The van der Waals surface area contributed by atoms with Crippen molar-refractivity contribution in [3.63, 3.8) is 0 Å². The Morgan fingerprint density at radius 3 is 2.68 bits per heavy atom. The van der Waals surface area contributed by atoms with Gasteiger partial charge in [0.25, 0.3) is 15.9 Å². The number of amides is 1. The second-order valence-corrected chi connectivity index (χ2v) is 8.51. The number of methoxy groups -OCH3 is 1. The van der Waals surface area contributed by atoms with Gasteiger partial charge in [-0.05, 0) is 18.2 Å². The summed E-state index contributed by atoms with van der Waals surface area (Å²) in [5.41, 5.74) is 0.237. The van der Waals surface area contributed by atoms with E-state index in [4.69, 9.17) is 9.57 Å². The third kappa shape index (κ3) is 4.32. The molecule has 138 valence electrons. The molecule has 1 aromatic carbocycles. The van der Waals surface area contributed by atoms with Crippen LogP contribution in [0, 0.1) is 0 Å². The molecule has 0 aromatic heterocycles. The van der Waals surface area contributed by atoms with Crippen LogP contribution in [0.2, 0.25) is 0 Å². The average molecular weight is 388 g/mol. The minimum absolute atomic E-state index is 0.0430. The molecule has 0 spiro atoms. The Kier molecular flexibility index (Phi) is 6.44. The summed E-state index contributed by atoms with van der Waals surface area (Å²) in [4.78, 5) is 30.6. The van der Waals surface area contributed by atoms with Gasteiger partial charge in [0.15, 0.2) is 0 Å². The Hall–Kier alpha value is -1.62. The van der Waals surface area contributed by atoms with Gasteiger partial charge in [-0.1, -0.05) is 10.5 Å². The highest BCUT2D eigenvalue weighted by atomic mass is 32.2. The molecule has 0 unspecified atom stereocenters. The quantitative estimate of drug-likeness (QED) is 0.539. The zero-order valence-electron chi connectivity index (χ0n) is 14.2. The Balaban J connectivity index is 2.23. The zero-order chi connectivity index (χ0) is 18.6. The van der Waals surface area contributed by atoms with Crippen molar-refractivity contribution in [3.05, 3.63) is 29.8 Å². The van der Waals surface area contributed by atoms with Gasteiger partial charge in [0, 0.05) is 31.5 Å². The van der Waals surface area contributed by atoms with Gasteiger partial charge in [-0.15, -0.1) is 11.8 Å². The molecule has 10 heteroatoms. The van der Waals surface area contributed by atoms with Crippen LogP contribution < -0.4 is 0 Å². The number of thioether (sulfide) groups is 1. The first-order chi connectivity index (χ1) is 11.8. The van der Waals surface area contributed by atoms with Crippen LogP contribution in [0.3, 0.4) is 0 Å². The number of carbonyl (C=O) groups excluding carboxylic acids is 2. The maximum absolute atomic E-state index is 12.7. The van der Waals surface area contributed by atoms with Gasteiger partial charge in [-0.3, -0.25) is 14.4 Å². The summed E-state index contributed by atoms with van der Waals surface area (Å²) in [6, 6.07) is 5.75. The van der Waals surface area contributed by atoms with Crippen molar-refractivity contribution in [1.82, 2.24) is 9.37 Å². The van der Waals surface area contributed by atoms with Crippen molar-refractivity contribution >= 4 is 33.7 Å². The Morgan fingerprint density at radius 1 is 1.32 bits per heavy atom. The van der Waals surface area contributed by atoms with Crippen molar-refractivity contribution < 1.29 is 27.6 Å². The Morgan fingerprint density at radius 2 is 2.04 bits per heavy atom. The minimum atomic E-state index is -3.84. The molecular formula is C15H20N2O6S2. The molecule has 1 aliphatic rings. The molecule has 1 saturated heterocycles. The normalized spacial score (nSPS) is 18.2. The summed E-state index contributed by atoms with van der Waals surface area (Å²) in [7, 11) is -0.0205. The van der Waals surface area contributed by atoms with Gasteiger partial charge >= 0.3 is 5.97 Å². The lowest BCUT2D eigenvalue weighted by atomic mass is 10.2. The standard InChI is InChI=1S/C15H20N2O6S2/c1-16(23-3)25(20,21)12-6-4-5-11(9-12)14(18)17-7-8-24-13(10-17)15(19)22-2/h4-6,9,13H,7-8,10H2,1-3H3/t13-/m1/s1. The van der Waals surface area contributed by atoms with Crippen molar-refractivity contribution in [3.8, 4) is 0 Å². The minimum Gasteiger partial charge on any atom is -0.468 e. The first kappa shape index (κ1) is 19.7. The number of hydrogen-bond acceptors (Lipinski definition) is 7. The second-order valence-electron chi connectivity index (χ2n) is 5.26. The summed E-state index contributed by atoms with van der Waals surface area (Å²) >= 11 is 1.44. The highest BCUT2D eigenvalue weighted by Gasteiger charge is 2.30.